The van der Waals surface area contributed by atoms with Crippen LogP contribution in [0, 0.1) is 13.8 Å². The van der Waals surface area contributed by atoms with Crippen LogP contribution in [0.5, 0.6) is 0 Å². The molecule has 4 rings (SSSR count). The molecule has 0 bridgehead atoms. The summed E-state index contributed by atoms with van der Waals surface area (Å²) in [5.74, 6) is 0. The van der Waals surface area contributed by atoms with Crippen molar-refractivity contribution in [2.24, 2.45) is 0 Å². The van der Waals surface area contributed by atoms with Gasteiger partial charge >= 0.3 is 7.12 Å². The lowest BCUT2D eigenvalue weighted by molar-refractivity contribution is 0.426. The topological polar surface area (TPSA) is 127 Å². The van der Waals surface area contributed by atoms with Gasteiger partial charge in [0.2, 0.25) is 0 Å². The highest BCUT2D eigenvalue weighted by Crippen LogP contribution is 2.41. The molecule has 0 aromatic heterocycles. The smallest absolute Gasteiger partial charge is 0.423 e. The fraction of sp³-hybridized carbons (Fsp3) is 0.250. The van der Waals surface area contributed by atoms with E-state index in [0.29, 0.717) is 16.8 Å². The Hall–Kier alpha value is -2.60. The second-order valence-corrected chi connectivity index (χ2v) is 17.3. The van der Waals surface area contributed by atoms with Crippen LogP contribution in [-0.4, -0.2) is 43.8 Å². The fourth-order valence-electron chi connectivity index (χ4n) is 4.40. The number of anilines is 2. The van der Waals surface area contributed by atoms with Gasteiger partial charge in [0.15, 0.2) is 0 Å². The van der Waals surface area contributed by atoms with Gasteiger partial charge in [0.1, 0.15) is 14.3 Å². The molecule has 0 fully saturated rings. The molecule has 10 heteroatoms. The predicted octanol–water partition coefficient (Wildman–Crippen LogP) is 6.72. The first-order chi connectivity index (χ1) is 18.6. The Morgan fingerprint density at radius 3 is 1.43 bits per heavy atom. The molecule has 0 radical (unpaired) electrons. The predicted molar refractivity (Wildman–Crippen MR) is 192 cm³/mol. The summed E-state index contributed by atoms with van der Waals surface area (Å²) in [6.45, 7) is 10.9. The van der Waals surface area contributed by atoms with Gasteiger partial charge in [-0.3, -0.25) is 0 Å². The third-order valence-electron chi connectivity index (χ3n) is 6.12. The number of halogens is 1. The monoisotopic (exact) mass is 674 g/mol. The first-order valence-electron chi connectivity index (χ1n) is 12.6. The van der Waals surface area contributed by atoms with Crippen molar-refractivity contribution >= 4 is 64.8 Å². The molecule has 6 N–H and O–H groups in total. The normalized spacial score (nSPS) is 10.5. The van der Waals surface area contributed by atoms with Crippen LogP contribution in [0.2, 0.25) is 0 Å². The van der Waals surface area contributed by atoms with Crippen molar-refractivity contribution < 1.29 is 19.2 Å². The summed E-state index contributed by atoms with van der Waals surface area (Å²) < 4.78 is 25.2. The van der Waals surface area contributed by atoms with E-state index in [1.54, 1.807) is 57.0 Å². The molecular weight excluding hydrogens is 629 g/mol. The van der Waals surface area contributed by atoms with E-state index in [2.05, 4.69) is 28.1 Å². The van der Waals surface area contributed by atoms with Crippen molar-refractivity contribution in [2.45, 2.75) is 28.7 Å². The molecule has 4 aromatic carbocycles. The molecule has 228 valence electrons. The first kappa shape index (κ1) is 39.4. The van der Waals surface area contributed by atoms with E-state index >= 15 is 0 Å². The molecule has 0 amide bonds. The lowest BCUT2D eigenvalue weighted by atomic mass is 9.81. The second-order valence-electron chi connectivity index (χ2n) is 10.1. The maximum atomic E-state index is 12.4. The van der Waals surface area contributed by atoms with E-state index in [9.17, 15) is 9.13 Å². The quantitative estimate of drug-likeness (QED) is 0.108. The van der Waals surface area contributed by atoms with Gasteiger partial charge in [-0.25, -0.2) is 0 Å². The molecule has 0 heterocycles. The summed E-state index contributed by atoms with van der Waals surface area (Å²) in [6, 6.07) is 26.3. The largest absolute Gasteiger partial charge is 0.488 e. The third kappa shape index (κ3) is 10.9. The van der Waals surface area contributed by atoms with Gasteiger partial charge in [0, 0.05) is 26.5 Å². The Bertz CT molecular complexity index is 1520. The van der Waals surface area contributed by atoms with Crippen LogP contribution in [0.25, 0.3) is 11.1 Å². The van der Waals surface area contributed by atoms with Gasteiger partial charge in [-0.1, -0.05) is 97.5 Å². The van der Waals surface area contributed by atoms with Crippen LogP contribution in [0.1, 0.15) is 26.0 Å². The van der Waals surface area contributed by atoms with Crippen molar-refractivity contribution in [1.82, 2.24) is 0 Å². The highest BCUT2D eigenvalue weighted by Gasteiger charge is 2.20. The molecule has 0 saturated heterocycles. The average molecular weight is 675 g/mol. The number of hydrogen-bond donors (Lipinski definition) is 4. The molecular formula is C32H46BBrN2O4P2. The zero-order valence-electron chi connectivity index (χ0n) is 23.8. The minimum Gasteiger partial charge on any atom is -0.423 e. The summed E-state index contributed by atoms with van der Waals surface area (Å²) in [5, 5.41) is 18.8. The summed E-state index contributed by atoms with van der Waals surface area (Å²) >= 11 is 3.40. The van der Waals surface area contributed by atoms with E-state index in [-0.39, 0.29) is 14.9 Å². The maximum absolute atomic E-state index is 12.4. The van der Waals surface area contributed by atoms with Gasteiger partial charge in [-0.2, -0.15) is 0 Å². The van der Waals surface area contributed by atoms with Crippen LogP contribution < -0.4 is 27.5 Å². The molecule has 0 aliphatic carbocycles. The minimum absolute atomic E-state index is 0. The Morgan fingerprint density at radius 1 is 0.643 bits per heavy atom. The number of hydrogen-bond acceptors (Lipinski definition) is 6. The van der Waals surface area contributed by atoms with Gasteiger partial charge in [-0.05, 0) is 86.4 Å². The zero-order chi connectivity index (χ0) is 30.3. The van der Waals surface area contributed by atoms with Crippen LogP contribution in [-0.2, 0) is 9.13 Å². The number of benzene rings is 4. The van der Waals surface area contributed by atoms with Crippen molar-refractivity contribution in [1.29, 1.82) is 0 Å². The van der Waals surface area contributed by atoms with E-state index in [1.165, 1.54) is 0 Å². The fourth-order valence-corrected chi connectivity index (χ4v) is 8.14. The third-order valence-corrected chi connectivity index (χ3v) is 10.3. The number of nitrogens with two attached hydrogens (primary N) is 2. The van der Waals surface area contributed by atoms with Crippen LogP contribution >= 0.6 is 30.2 Å². The van der Waals surface area contributed by atoms with Crippen LogP contribution in [0.4, 0.5) is 11.4 Å². The molecule has 0 saturated carbocycles. The van der Waals surface area contributed by atoms with Gasteiger partial charge < -0.3 is 30.6 Å². The minimum atomic E-state index is -2.37. The molecule has 0 spiro atoms. The summed E-state index contributed by atoms with van der Waals surface area (Å²) in [6.07, 6.45) is 0. The SMILES string of the molecule is C.C.Cc1c(-c2ccccc2)ccc(N)c1P(C)(C)=O.Cc1c(Br)ccc(N)c1P(C)(C)=O.OB(O)c1ccccc1. The van der Waals surface area contributed by atoms with Gasteiger partial charge in [-0.15, -0.1) is 0 Å². The molecule has 4 aromatic rings. The Labute approximate surface area is 261 Å². The van der Waals surface area contributed by atoms with Crippen LogP contribution in [0.3, 0.4) is 0 Å². The second kappa shape index (κ2) is 16.9. The zero-order valence-corrected chi connectivity index (χ0v) is 27.2. The van der Waals surface area contributed by atoms with Gasteiger partial charge in [0.05, 0.1) is 0 Å². The molecule has 0 unspecified atom stereocenters. The van der Waals surface area contributed by atoms with E-state index < -0.39 is 21.4 Å². The lowest BCUT2D eigenvalue weighted by Gasteiger charge is -2.17. The number of rotatable bonds is 4. The Balaban J connectivity index is 0.000000620. The van der Waals surface area contributed by atoms with Crippen molar-refractivity contribution in [3.05, 3.63) is 101 Å². The van der Waals surface area contributed by atoms with Crippen molar-refractivity contribution in [2.75, 3.05) is 38.1 Å². The van der Waals surface area contributed by atoms with Gasteiger partial charge in [0.25, 0.3) is 0 Å². The molecule has 6 nitrogen and oxygen atoms in total. The van der Waals surface area contributed by atoms with E-state index in [0.717, 1.165) is 37.3 Å². The molecule has 42 heavy (non-hydrogen) atoms. The summed E-state index contributed by atoms with van der Waals surface area (Å²) in [7, 11) is -5.98. The van der Waals surface area contributed by atoms with Crippen LogP contribution in [0.15, 0.2) is 89.4 Å². The highest BCUT2D eigenvalue weighted by atomic mass is 79.9. The molecule has 0 atom stereocenters. The average Bonchev–Trinajstić information content (AvgIpc) is 2.87. The Kier molecular flexibility index (Phi) is 15.8. The molecule has 0 aliphatic heterocycles. The van der Waals surface area contributed by atoms with E-state index in [1.807, 2.05) is 56.3 Å². The van der Waals surface area contributed by atoms with Crippen molar-refractivity contribution in [3.63, 3.8) is 0 Å². The standard InChI is InChI=1S/C15H18NOP.C9H13BrNOP.C6H7BO2.2CH4/c1-11-13(12-7-5-4-6-8-12)9-10-14(16)15(11)18(2,3)17;1-6-7(10)4-5-8(11)9(6)13(2,3)12;8-7(9)6-4-2-1-3-5-6;;/h4-10H,16H2,1-3H3;4-5H,11H2,1-3H3;1-5,8-9H;2*1H4. The summed E-state index contributed by atoms with van der Waals surface area (Å²) in [5.41, 5.74) is 17.8. The lowest BCUT2D eigenvalue weighted by Crippen LogP contribution is -2.29. The van der Waals surface area contributed by atoms with E-state index in [4.69, 9.17) is 21.5 Å². The molecule has 0 aliphatic rings. The summed E-state index contributed by atoms with van der Waals surface area (Å²) in [4.78, 5) is 0. The maximum Gasteiger partial charge on any atom is 0.488 e. The highest BCUT2D eigenvalue weighted by molar-refractivity contribution is 9.10. The van der Waals surface area contributed by atoms with Crippen molar-refractivity contribution in [3.8, 4) is 11.1 Å². The first-order valence-corrected chi connectivity index (χ1v) is 18.6. The number of nitrogen functional groups attached to an aromatic ring is 2. The Morgan fingerprint density at radius 2 is 1.05 bits per heavy atom.